The summed E-state index contributed by atoms with van der Waals surface area (Å²) in [4.78, 5) is 11.2. The van der Waals surface area contributed by atoms with Crippen molar-refractivity contribution >= 4 is 21.9 Å². The van der Waals surface area contributed by atoms with Crippen LogP contribution in [0.1, 0.15) is 25.0 Å². The molecule has 0 fully saturated rings. The number of hydrogen-bond acceptors (Lipinski definition) is 4. The minimum Gasteiger partial charge on any atom is -0.496 e. The predicted molar refractivity (Wildman–Crippen MR) is 66.9 cm³/mol. The van der Waals surface area contributed by atoms with E-state index in [0.717, 1.165) is 0 Å². The van der Waals surface area contributed by atoms with Gasteiger partial charge in [-0.1, -0.05) is 15.9 Å². The Morgan fingerprint density at radius 1 is 1.56 bits per heavy atom. The molecule has 0 radical (unpaired) electrons. The molecule has 0 spiro atoms. The van der Waals surface area contributed by atoms with E-state index in [4.69, 9.17) is 9.47 Å². The Hall–Kier alpha value is -1.14. The number of hydrogen-bond donors (Lipinski definition) is 1. The molecule has 0 bridgehead atoms. The molecule has 1 aromatic carbocycles. The first kappa shape index (κ1) is 14.9. The first-order valence-corrected chi connectivity index (χ1v) is 6.15. The molecule has 1 rings (SSSR count). The SMILES string of the molecule is CCOC(=O)CC(O)c1c(F)cc(Br)cc1OC. The fourth-order valence-corrected chi connectivity index (χ4v) is 1.94. The molecule has 0 amide bonds. The second kappa shape index (κ2) is 6.70. The zero-order valence-electron chi connectivity index (χ0n) is 10.1. The van der Waals surface area contributed by atoms with Gasteiger partial charge in [0.15, 0.2) is 0 Å². The minimum atomic E-state index is -1.30. The Morgan fingerprint density at radius 3 is 2.78 bits per heavy atom. The van der Waals surface area contributed by atoms with E-state index in [0.29, 0.717) is 4.47 Å². The van der Waals surface area contributed by atoms with E-state index in [1.54, 1.807) is 6.92 Å². The lowest BCUT2D eigenvalue weighted by molar-refractivity contribution is -0.145. The maximum atomic E-state index is 13.8. The highest BCUT2D eigenvalue weighted by atomic mass is 79.9. The van der Waals surface area contributed by atoms with E-state index in [2.05, 4.69) is 15.9 Å². The zero-order chi connectivity index (χ0) is 13.7. The van der Waals surface area contributed by atoms with E-state index in [1.807, 2.05) is 0 Å². The smallest absolute Gasteiger partial charge is 0.308 e. The van der Waals surface area contributed by atoms with Crippen molar-refractivity contribution in [3.8, 4) is 5.75 Å². The van der Waals surface area contributed by atoms with Crippen molar-refractivity contribution < 1.29 is 23.8 Å². The second-order valence-corrected chi connectivity index (χ2v) is 4.44. The van der Waals surface area contributed by atoms with Gasteiger partial charge in [0.05, 0.1) is 31.8 Å². The molecule has 0 aliphatic carbocycles. The van der Waals surface area contributed by atoms with Crippen LogP contribution in [0.25, 0.3) is 0 Å². The van der Waals surface area contributed by atoms with Crippen LogP contribution < -0.4 is 4.74 Å². The first-order valence-electron chi connectivity index (χ1n) is 5.36. The van der Waals surface area contributed by atoms with Gasteiger partial charge in [0.1, 0.15) is 11.6 Å². The highest BCUT2D eigenvalue weighted by molar-refractivity contribution is 9.10. The lowest BCUT2D eigenvalue weighted by Gasteiger charge is -2.15. The lowest BCUT2D eigenvalue weighted by Crippen LogP contribution is -2.12. The van der Waals surface area contributed by atoms with E-state index in [-0.39, 0.29) is 24.3 Å². The van der Waals surface area contributed by atoms with Gasteiger partial charge in [-0.05, 0) is 19.1 Å². The van der Waals surface area contributed by atoms with Crippen molar-refractivity contribution in [3.63, 3.8) is 0 Å². The van der Waals surface area contributed by atoms with Crippen LogP contribution in [0, 0.1) is 5.82 Å². The number of halogens is 2. The molecule has 100 valence electrons. The Balaban J connectivity index is 2.97. The molecular formula is C12H14BrFO4. The summed E-state index contributed by atoms with van der Waals surface area (Å²) in [7, 11) is 1.36. The molecule has 18 heavy (non-hydrogen) atoms. The summed E-state index contributed by atoms with van der Waals surface area (Å²) in [5.74, 6) is -1.05. The number of carbonyl (C=O) groups is 1. The van der Waals surface area contributed by atoms with Crippen molar-refractivity contribution in [1.82, 2.24) is 0 Å². The quantitative estimate of drug-likeness (QED) is 0.847. The molecule has 4 nitrogen and oxygen atoms in total. The third kappa shape index (κ3) is 3.68. The third-order valence-electron chi connectivity index (χ3n) is 2.27. The number of ether oxygens (including phenoxy) is 2. The molecule has 6 heteroatoms. The molecule has 1 unspecified atom stereocenters. The van der Waals surface area contributed by atoms with Gasteiger partial charge >= 0.3 is 5.97 Å². The normalized spacial score (nSPS) is 12.1. The van der Waals surface area contributed by atoms with Gasteiger partial charge in [-0.3, -0.25) is 4.79 Å². The summed E-state index contributed by atoms with van der Waals surface area (Å²) in [5.41, 5.74) is -0.0475. The van der Waals surface area contributed by atoms with Gasteiger partial charge in [-0.2, -0.15) is 0 Å². The number of aliphatic hydroxyl groups excluding tert-OH is 1. The number of rotatable bonds is 5. The van der Waals surface area contributed by atoms with Crippen LogP contribution in [0.15, 0.2) is 16.6 Å². The monoisotopic (exact) mass is 320 g/mol. The van der Waals surface area contributed by atoms with Crippen LogP contribution >= 0.6 is 15.9 Å². The van der Waals surface area contributed by atoms with Crippen LogP contribution in [0.2, 0.25) is 0 Å². The average Bonchev–Trinajstić information content (AvgIpc) is 2.27. The van der Waals surface area contributed by atoms with Crippen molar-refractivity contribution in [1.29, 1.82) is 0 Å². The van der Waals surface area contributed by atoms with Gasteiger partial charge in [-0.15, -0.1) is 0 Å². The molecule has 0 saturated heterocycles. The molecule has 0 aromatic heterocycles. The second-order valence-electron chi connectivity index (χ2n) is 3.53. The van der Waals surface area contributed by atoms with Crippen LogP contribution in [-0.4, -0.2) is 24.8 Å². The number of carbonyl (C=O) groups excluding carboxylic acids is 1. The van der Waals surface area contributed by atoms with Crippen molar-refractivity contribution in [3.05, 3.63) is 28.0 Å². The van der Waals surface area contributed by atoms with Crippen LogP contribution in [0.3, 0.4) is 0 Å². The van der Waals surface area contributed by atoms with Gasteiger partial charge in [-0.25, -0.2) is 4.39 Å². The van der Waals surface area contributed by atoms with Crippen LogP contribution in [0.4, 0.5) is 4.39 Å². The number of esters is 1. The molecular weight excluding hydrogens is 307 g/mol. The van der Waals surface area contributed by atoms with Crippen molar-refractivity contribution in [2.45, 2.75) is 19.4 Å². The zero-order valence-corrected chi connectivity index (χ0v) is 11.7. The Labute approximate surface area is 113 Å². The molecule has 1 aromatic rings. The molecule has 1 atom stereocenters. The predicted octanol–water partition coefficient (Wildman–Crippen LogP) is 2.58. The van der Waals surface area contributed by atoms with E-state index < -0.39 is 17.9 Å². The average molecular weight is 321 g/mol. The number of aliphatic hydroxyl groups is 1. The fourth-order valence-electron chi connectivity index (χ4n) is 1.53. The van der Waals surface area contributed by atoms with Gasteiger partial charge < -0.3 is 14.6 Å². The summed E-state index contributed by atoms with van der Waals surface area (Å²) >= 11 is 3.12. The molecule has 0 heterocycles. The topological polar surface area (TPSA) is 55.8 Å². The highest BCUT2D eigenvalue weighted by Crippen LogP contribution is 2.33. The minimum absolute atomic E-state index is 0.0475. The summed E-state index contributed by atoms with van der Waals surface area (Å²) in [6, 6.07) is 2.72. The highest BCUT2D eigenvalue weighted by Gasteiger charge is 2.22. The molecule has 1 N–H and O–H groups in total. The van der Waals surface area contributed by atoms with Crippen molar-refractivity contribution in [2.24, 2.45) is 0 Å². The van der Waals surface area contributed by atoms with Crippen LogP contribution in [0.5, 0.6) is 5.75 Å². The van der Waals surface area contributed by atoms with E-state index in [9.17, 15) is 14.3 Å². The van der Waals surface area contributed by atoms with Crippen LogP contribution in [-0.2, 0) is 9.53 Å². The number of benzene rings is 1. The fraction of sp³-hybridized carbons (Fsp3) is 0.417. The standard InChI is InChI=1S/C12H14BrFO4/c1-3-18-11(16)6-9(15)12-8(14)4-7(13)5-10(12)17-2/h4-5,9,15H,3,6H2,1-2H3. The summed E-state index contributed by atoms with van der Waals surface area (Å²) in [6.07, 6.45) is -1.62. The summed E-state index contributed by atoms with van der Waals surface area (Å²) in [5, 5.41) is 9.87. The Morgan fingerprint density at radius 2 is 2.22 bits per heavy atom. The first-order chi connectivity index (χ1) is 8.49. The van der Waals surface area contributed by atoms with E-state index in [1.165, 1.54) is 19.2 Å². The Kier molecular flexibility index (Phi) is 5.55. The van der Waals surface area contributed by atoms with Gasteiger partial charge in [0.25, 0.3) is 0 Å². The molecule has 0 aliphatic rings. The molecule has 0 saturated carbocycles. The third-order valence-corrected chi connectivity index (χ3v) is 2.73. The van der Waals surface area contributed by atoms with E-state index >= 15 is 0 Å². The van der Waals surface area contributed by atoms with Gasteiger partial charge in [0.2, 0.25) is 0 Å². The summed E-state index contributed by atoms with van der Waals surface area (Å²) in [6.45, 7) is 1.87. The molecule has 0 aliphatic heterocycles. The largest absolute Gasteiger partial charge is 0.496 e. The lowest BCUT2D eigenvalue weighted by atomic mass is 10.0. The van der Waals surface area contributed by atoms with Crippen molar-refractivity contribution in [2.75, 3.05) is 13.7 Å². The maximum absolute atomic E-state index is 13.8. The maximum Gasteiger partial charge on any atom is 0.308 e. The van der Waals surface area contributed by atoms with Gasteiger partial charge in [0, 0.05) is 4.47 Å². The Bertz CT molecular complexity index is 436. The summed E-state index contributed by atoms with van der Waals surface area (Å²) < 4.78 is 23.9. The number of methoxy groups -OCH3 is 1.